The molecular weight excluding hydrogens is 266 g/mol. The predicted octanol–water partition coefficient (Wildman–Crippen LogP) is 2.48. The number of hydrogen-bond donors (Lipinski definition) is 0. The Balaban J connectivity index is 2.45. The van der Waals surface area contributed by atoms with Crippen LogP contribution in [0.25, 0.3) is 0 Å². The van der Waals surface area contributed by atoms with Crippen LogP contribution in [-0.4, -0.2) is 19.6 Å². The highest BCUT2D eigenvalue weighted by atomic mass is 32.2. The van der Waals surface area contributed by atoms with Gasteiger partial charge in [0.1, 0.15) is 17.4 Å². The first-order valence-corrected chi connectivity index (χ1v) is 7.12. The minimum atomic E-state index is 0.614. The standard InChI is InChI=1S/C11H11N5S2/c1-3-7-8(5-12)10(16-15-9(7)4-2)17-11-13-6-14-18-11/h6H,3-4H2,1-2H3. The third-order valence-electron chi connectivity index (χ3n) is 2.45. The molecule has 0 amide bonds. The number of hydrogen-bond acceptors (Lipinski definition) is 7. The van der Waals surface area contributed by atoms with Crippen molar-refractivity contribution in [2.75, 3.05) is 0 Å². The van der Waals surface area contributed by atoms with Gasteiger partial charge in [0.05, 0.1) is 11.3 Å². The average molecular weight is 277 g/mol. The van der Waals surface area contributed by atoms with Crippen LogP contribution in [0.3, 0.4) is 0 Å². The summed E-state index contributed by atoms with van der Waals surface area (Å²) in [5.74, 6) is 0. The minimum Gasteiger partial charge on any atom is -0.216 e. The van der Waals surface area contributed by atoms with E-state index in [4.69, 9.17) is 0 Å². The lowest BCUT2D eigenvalue weighted by Gasteiger charge is -2.08. The number of rotatable bonds is 4. The smallest absolute Gasteiger partial charge is 0.176 e. The quantitative estimate of drug-likeness (QED) is 0.854. The molecule has 0 aliphatic rings. The van der Waals surface area contributed by atoms with Gasteiger partial charge in [-0.15, -0.1) is 5.10 Å². The maximum Gasteiger partial charge on any atom is 0.176 e. The van der Waals surface area contributed by atoms with Gasteiger partial charge in [-0.2, -0.15) is 14.7 Å². The van der Waals surface area contributed by atoms with Crippen molar-refractivity contribution in [2.45, 2.75) is 36.1 Å². The fraction of sp³-hybridized carbons (Fsp3) is 0.364. The molecule has 2 heterocycles. The molecule has 0 spiro atoms. The van der Waals surface area contributed by atoms with Crippen LogP contribution in [0.5, 0.6) is 0 Å². The van der Waals surface area contributed by atoms with Crippen LogP contribution in [0, 0.1) is 11.3 Å². The van der Waals surface area contributed by atoms with Gasteiger partial charge in [-0.25, -0.2) is 4.98 Å². The summed E-state index contributed by atoms with van der Waals surface area (Å²) in [6, 6.07) is 2.24. The fourth-order valence-corrected chi connectivity index (χ4v) is 3.04. The monoisotopic (exact) mass is 277 g/mol. The number of aromatic nitrogens is 4. The molecule has 0 atom stereocenters. The van der Waals surface area contributed by atoms with Gasteiger partial charge in [0.2, 0.25) is 0 Å². The zero-order valence-electron chi connectivity index (χ0n) is 10.0. The van der Waals surface area contributed by atoms with Crippen molar-refractivity contribution >= 4 is 23.3 Å². The van der Waals surface area contributed by atoms with Crippen LogP contribution >= 0.6 is 23.3 Å². The summed E-state index contributed by atoms with van der Waals surface area (Å²) in [6.07, 6.45) is 3.06. The molecule has 0 N–H and O–H groups in total. The van der Waals surface area contributed by atoms with E-state index >= 15 is 0 Å². The molecular formula is C11H11N5S2. The van der Waals surface area contributed by atoms with Crippen molar-refractivity contribution in [1.29, 1.82) is 5.26 Å². The number of aryl methyl sites for hydroxylation is 1. The van der Waals surface area contributed by atoms with E-state index in [0.717, 1.165) is 28.4 Å². The van der Waals surface area contributed by atoms with E-state index in [9.17, 15) is 5.26 Å². The van der Waals surface area contributed by atoms with E-state index in [0.29, 0.717) is 10.6 Å². The fourth-order valence-electron chi connectivity index (χ4n) is 1.63. The van der Waals surface area contributed by atoms with Crippen LogP contribution in [0.2, 0.25) is 0 Å². The largest absolute Gasteiger partial charge is 0.216 e. The molecule has 5 nitrogen and oxygen atoms in total. The van der Waals surface area contributed by atoms with Gasteiger partial charge in [-0.05, 0) is 41.7 Å². The second kappa shape index (κ2) is 5.89. The maximum atomic E-state index is 9.32. The topological polar surface area (TPSA) is 75.3 Å². The minimum absolute atomic E-state index is 0.614. The third kappa shape index (κ3) is 2.49. The lowest BCUT2D eigenvalue weighted by Crippen LogP contribution is -2.04. The van der Waals surface area contributed by atoms with Crippen molar-refractivity contribution < 1.29 is 0 Å². The van der Waals surface area contributed by atoms with Gasteiger partial charge in [0.15, 0.2) is 4.34 Å². The molecule has 0 unspecified atom stereocenters. The van der Waals surface area contributed by atoms with E-state index in [1.807, 2.05) is 13.8 Å². The van der Waals surface area contributed by atoms with Gasteiger partial charge in [-0.3, -0.25) is 0 Å². The SMILES string of the molecule is CCc1nnc(Sc2ncns2)c(C#N)c1CC. The molecule has 2 aromatic heterocycles. The van der Waals surface area contributed by atoms with Crippen molar-refractivity contribution in [3.05, 3.63) is 23.1 Å². The summed E-state index contributed by atoms with van der Waals surface area (Å²) in [5, 5.41) is 18.3. The molecule has 0 saturated heterocycles. The van der Waals surface area contributed by atoms with Gasteiger partial charge in [-0.1, -0.05) is 13.8 Å². The zero-order valence-corrected chi connectivity index (χ0v) is 11.7. The Bertz CT molecular complexity index is 574. The third-order valence-corrected chi connectivity index (χ3v) is 4.14. The van der Waals surface area contributed by atoms with Crippen molar-refractivity contribution in [3.63, 3.8) is 0 Å². The summed E-state index contributed by atoms with van der Waals surface area (Å²) in [5.41, 5.74) is 2.50. The number of nitrogens with zero attached hydrogens (tertiary/aromatic N) is 5. The summed E-state index contributed by atoms with van der Waals surface area (Å²) >= 11 is 2.63. The molecule has 0 bridgehead atoms. The van der Waals surface area contributed by atoms with E-state index in [-0.39, 0.29) is 0 Å². The highest BCUT2D eigenvalue weighted by Gasteiger charge is 2.16. The molecule has 0 aliphatic heterocycles. The lowest BCUT2D eigenvalue weighted by molar-refractivity contribution is 0.817. The van der Waals surface area contributed by atoms with E-state index in [2.05, 4.69) is 25.6 Å². The van der Waals surface area contributed by atoms with Crippen molar-refractivity contribution in [2.24, 2.45) is 0 Å². The average Bonchev–Trinajstić information content (AvgIpc) is 2.90. The van der Waals surface area contributed by atoms with Crippen LogP contribution in [0.1, 0.15) is 30.7 Å². The molecule has 92 valence electrons. The Hall–Kier alpha value is -1.52. The Kier molecular flexibility index (Phi) is 4.23. The molecule has 2 aromatic rings. The van der Waals surface area contributed by atoms with Gasteiger partial charge < -0.3 is 0 Å². The molecule has 0 fully saturated rings. The normalized spacial score (nSPS) is 10.3. The van der Waals surface area contributed by atoms with Gasteiger partial charge in [0.25, 0.3) is 0 Å². The Labute approximate surface area is 113 Å². The molecule has 2 rings (SSSR count). The summed E-state index contributed by atoms with van der Waals surface area (Å²) < 4.78 is 4.70. The Morgan fingerprint density at radius 3 is 2.72 bits per heavy atom. The maximum absolute atomic E-state index is 9.32. The van der Waals surface area contributed by atoms with E-state index in [1.54, 1.807) is 0 Å². The molecule has 18 heavy (non-hydrogen) atoms. The summed E-state index contributed by atoms with van der Waals surface area (Å²) in [6.45, 7) is 4.04. The first-order valence-electron chi connectivity index (χ1n) is 5.53. The predicted molar refractivity (Wildman–Crippen MR) is 69.5 cm³/mol. The van der Waals surface area contributed by atoms with Gasteiger partial charge in [0, 0.05) is 0 Å². The second-order valence-corrected chi connectivity index (χ2v) is 5.45. The second-order valence-electron chi connectivity index (χ2n) is 3.43. The van der Waals surface area contributed by atoms with Crippen LogP contribution in [0.15, 0.2) is 15.7 Å². The number of nitriles is 1. The van der Waals surface area contributed by atoms with Crippen LogP contribution < -0.4 is 0 Å². The first-order chi connectivity index (χ1) is 8.80. The lowest BCUT2D eigenvalue weighted by atomic mass is 10.1. The van der Waals surface area contributed by atoms with E-state index in [1.165, 1.54) is 29.6 Å². The van der Waals surface area contributed by atoms with Crippen molar-refractivity contribution in [1.82, 2.24) is 19.6 Å². The Morgan fingerprint density at radius 2 is 2.17 bits per heavy atom. The van der Waals surface area contributed by atoms with Crippen molar-refractivity contribution in [3.8, 4) is 6.07 Å². The molecule has 0 aromatic carbocycles. The highest BCUT2D eigenvalue weighted by Crippen LogP contribution is 2.30. The van der Waals surface area contributed by atoms with Crippen LogP contribution in [0.4, 0.5) is 0 Å². The molecule has 0 saturated carbocycles. The van der Waals surface area contributed by atoms with Gasteiger partial charge >= 0.3 is 0 Å². The summed E-state index contributed by atoms with van der Waals surface area (Å²) in [4.78, 5) is 4.08. The Morgan fingerprint density at radius 1 is 1.33 bits per heavy atom. The molecule has 0 radical (unpaired) electrons. The van der Waals surface area contributed by atoms with Crippen LogP contribution in [-0.2, 0) is 12.8 Å². The molecule has 0 aliphatic carbocycles. The summed E-state index contributed by atoms with van der Waals surface area (Å²) in [7, 11) is 0. The highest BCUT2D eigenvalue weighted by molar-refractivity contribution is 8.00. The zero-order chi connectivity index (χ0) is 13.0. The van der Waals surface area contributed by atoms with E-state index < -0.39 is 0 Å². The molecule has 7 heteroatoms. The first kappa shape index (κ1) is 12.9.